The Bertz CT molecular complexity index is 1100. The van der Waals surface area contributed by atoms with Crippen molar-refractivity contribution in [2.45, 2.75) is 83.7 Å². The van der Waals surface area contributed by atoms with E-state index in [2.05, 4.69) is 33.8 Å². The molecular weight excluding hydrogens is 448 g/mol. The third-order valence-electron chi connectivity index (χ3n) is 8.15. The van der Waals surface area contributed by atoms with Gasteiger partial charge in [0, 0.05) is 18.3 Å². The fraction of sp³-hybridized carbons (Fsp3) is 0.643. The van der Waals surface area contributed by atoms with Gasteiger partial charge in [-0.1, -0.05) is 13.0 Å². The van der Waals surface area contributed by atoms with E-state index in [0.29, 0.717) is 25.2 Å². The third kappa shape index (κ3) is 3.83. The van der Waals surface area contributed by atoms with Gasteiger partial charge in [-0.3, -0.25) is 0 Å². The monoisotopic (exact) mass is 484 g/mol. The molecule has 1 saturated heterocycles. The minimum absolute atomic E-state index is 0.00249. The van der Waals surface area contributed by atoms with Gasteiger partial charge < -0.3 is 23.7 Å². The normalized spacial score (nSPS) is 26.6. The molecule has 190 valence electrons. The molecule has 1 aromatic carbocycles. The van der Waals surface area contributed by atoms with Crippen LogP contribution in [0.3, 0.4) is 0 Å². The van der Waals surface area contributed by atoms with Crippen LogP contribution in [0.25, 0.3) is 5.57 Å². The van der Waals surface area contributed by atoms with Crippen LogP contribution in [0.1, 0.15) is 89.9 Å². The van der Waals surface area contributed by atoms with Crippen LogP contribution in [0.15, 0.2) is 6.08 Å². The number of benzene rings is 1. The molecule has 0 bridgehead atoms. The maximum atomic E-state index is 13.4. The van der Waals surface area contributed by atoms with Crippen molar-refractivity contribution in [3.05, 3.63) is 39.5 Å². The van der Waals surface area contributed by atoms with Gasteiger partial charge in [0.2, 0.25) is 0 Å². The molecule has 3 aliphatic carbocycles. The fourth-order valence-corrected chi connectivity index (χ4v) is 6.60. The average molecular weight is 485 g/mol. The lowest BCUT2D eigenvalue weighted by molar-refractivity contribution is -0.163. The molecule has 1 heterocycles. The maximum absolute atomic E-state index is 13.4. The number of methoxy groups -OCH3 is 2. The predicted molar refractivity (Wildman–Crippen MR) is 129 cm³/mol. The lowest BCUT2D eigenvalue weighted by atomic mass is 9.64. The van der Waals surface area contributed by atoms with Crippen molar-refractivity contribution < 1.29 is 33.3 Å². The second kappa shape index (κ2) is 8.43. The smallest absolute Gasteiger partial charge is 0.339 e. The number of fused-ring (bicyclic) bond motifs is 5. The number of hydrogen-bond acceptors (Lipinski definition) is 7. The molecule has 0 unspecified atom stereocenters. The quantitative estimate of drug-likeness (QED) is 0.588. The second-order valence-electron chi connectivity index (χ2n) is 11.3. The molecule has 0 amide bonds. The number of carbonyl (C=O) groups excluding carboxylic acids is 2. The lowest BCUT2D eigenvalue weighted by Gasteiger charge is -2.44. The van der Waals surface area contributed by atoms with E-state index in [0.717, 1.165) is 59.9 Å². The molecule has 5 rings (SSSR count). The van der Waals surface area contributed by atoms with Crippen LogP contribution in [0.5, 0.6) is 0 Å². The van der Waals surface area contributed by atoms with E-state index in [1.807, 2.05) is 0 Å². The molecule has 0 aromatic heterocycles. The molecule has 7 nitrogen and oxygen atoms in total. The summed E-state index contributed by atoms with van der Waals surface area (Å²) in [5.74, 6) is -1.81. The first-order valence-electron chi connectivity index (χ1n) is 12.6. The Kier molecular flexibility index (Phi) is 5.89. The summed E-state index contributed by atoms with van der Waals surface area (Å²) >= 11 is 0. The zero-order valence-electron chi connectivity index (χ0n) is 21.7. The molecule has 35 heavy (non-hydrogen) atoms. The highest BCUT2D eigenvalue weighted by Crippen LogP contribution is 2.57. The Morgan fingerprint density at radius 1 is 0.943 bits per heavy atom. The SMILES string of the molecule is COC(=O)c1c2c(c3c(c1C(=O)OC)C1=CC[C@H](OC(C)(C)C)[C@@]1(C)CC3)CCC1(C2)OCCO1. The molecule has 4 aliphatic rings. The van der Waals surface area contributed by atoms with Gasteiger partial charge in [-0.25, -0.2) is 9.59 Å². The third-order valence-corrected chi connectivity index (χ3v) is 8.15. The zero-order chi connectivity index (χ0) is 25.2. The first kappa shape index (κ1) is 24.5. The minimum atomic E-state index is -0.751. The van der Waals surface area contributed by atoms with Crippen LogP contribution in [0, 0.1) is 5.41 Å². The van der Waals surface area contributed by atoms with Crippen LogP contribution in [-0.2, 0) is 42.9 Å². The van der Waals surface area contributed by atoms with Crippen molar-refractivity contribution in [1.29, 1.82) is 0 Å². The summed E-state index contributed by atoms with van der Waals surface area (Å²) in [7, 11) is 2.71. The van der Waals surface area contributed by atoms with Gasteiger partial charge in [0.05, 0.1) is 50.3 Å². The van der Waals surface area contributed by atoms with E-state index >= 15 is 0 Å². The van der Waals surface area contributed by atoms with Crippen molar-refractivity contribution in [3.8, 4) is 0 Å². The number of rotatable bonds is 3. The molecule has 1 fully saturated rings. The van der Waals surface area contributed by atoms with Crippen LogP contribution >= 0.6 is 0 Å². The van der Waals surface area contributed by atoms with Gasteiger partial charge in [-0.05, 0) is 74.3 Å². The summed E-state index contributed by atoms with van der Waals surface area (Å²) in [6.45, 7) is 9.48. The van der Waals surface area contributed by atoms with Gasteiger partial charge in [-0.15, -0.1) is 0 Å². The minimum Gasteiger partial charge on any atom is -0.465 e. The summed E-state index contributed by atoms with van der Waals surface area (Å²) < 4.78 is 29.0. The van der Waals surface area contributed by atoms with E-state index in [4.69, 9.17) is 23.7 Å². The average Bonchev–Trinajstić information content (AvgIpc) is 3.40. The van der Waals surface area contributed by atoms with Crippen LogP contribution in [0.4, 0.5) is 0 Å². The van der Waals surface area contributed by atoms with Crippen molar-refractivity contribution in [2.75, 3.05) is 27.4 Å². The molecule has 0 radical (unpaired) electrons. The standard InChI is InChI=1S/C28H36O7/c1-26(2,3)35-20-8-7-19-21-17(9-11-27(19,20)4)16-10-12-28(33-13-14-34-28)15-18(16)22(24(29)31-5)23(21)25(30)32-6/h7,20H,8-15H2,1-6H3/t20-,27-/m0/s1. The maximum Gasteiger partial charge on any atom is 0.339 e. The summed E-state index contributed by atoms with van der Waals surface area (Å²) in [5.41, 5.74) is 5.02. The predicted octanol–water partition coefficient (Wildman–Crippen LogP) is 4.41. The molecular formula is C28H36O7. The van der Waals surface area contributed by atoms with Gasteiger partial charge in [0.15, 0.2) is 5.79 Å². The molecule has 0 saturated carbocycles. The van der Waals surface area contributed by atoms with E-state index < -0.39 is 17.7 Å². The summed E-state index contributed by atoms with van der Waals surface area (Å²) in [6, 6.07) is 0. The molecule has 1 aliphatic heterocycles. The Labute approximate surface area is 207 Å². The lowest BCUT2D eigenvalue weighted by Crippen LogP contribution is -2.42. The van der Waals surface area contributed by atoms with E-state index in [-0.39, 0.29) is 22.7 Å². The fourth-order valence-electron chi connectivity index (χ4n) is 6.60. The number of carbonyl (C=O) groups is 2. The summed E-state index contributed by atoms with van der Waals surface area (Å²) in [4.78, 5) is 26.7. The number of esters is 2. The highest BCUT2D eigenvalue weighted by Gasteiger charge is 2.51. The summed E-state index contributed by atoms with van der Waals surface area (Å²) in [6.07, 6.45) is 6.52. The molecule has 0 N–H and O–H groups in total. The van der Waals surface area contributed by atoms with Crippen molar-refractivity contribution >= 4 is 17.5 Å². The molecule has 1 aromatic rings. The Morgan fingerprint density at radius 3 is 2.20 bits per heavy atom. The van der Waals surface area contributed by atoms with E-state index in [1.165, 1.54) is 14.2 Å². The van der Waals surface area contributed by atoms with Crippen molar-refractivity contribution in [1.82, 2.24) is 0 Å². The molecule has 7 heteroatoms. The first-order valence-corrected chi connectivity index (χ1v) is 12.6. The Hall–Kier alpha value is -2.22. The molecule has 1 spiro atoms. The van der Waals surface area contributed by atoms with Crippen molar-refractivity contribution in [2.24, 2.45) is 5.41 Å². The van der Waals surface area contributed by atoms with Crippen LogP contribution < -0.4 is 0 Å². The van der Waals surface area contributed by atoms with E-state index in [1.54, 1.807) is 0 Å². The largest absolute Gasteiger partial charge is 0.465 e. The van der Waals surface area contributed by atoms with Crippen molar-refractivity contribution in [3.63, 3.8) is 0 Å². The first-order chi connectivity index (χ1) is 16.5. The van der Waals surface area contributed by atoms with Crippen LogP contribution in [0.2, 0.25) is 0 Å². The number of ether oxygens (including phenoxy) is 5. The van der Waals surface area contributed by atoms with Gasteiger partial charge in [0.25, 0.3) is 0 Å². The van der Waals surface area contributed by atoms with Gasteiger partial charge >= 0.3 is 11.9 Å². The highest BCUT2D eigenvalue weighted by atomic mass is 16.7. The Morgan fingerprint density at radius 2 is 1.57 bits per heavy atom. The van der Waals surface area contributed by atoms with Gasteiger partial charge in [0.1, 0.15) is 0 Å². The highest BCUT2D eigenvalue weighted by molar-refractivity contribution is 6.09. The molecule has 2 atom stereocenters. The van der Waals surface area contributed by atoms with Crippen LogP contribution in [-0.4, -0.2) is 56.9 Å². The van der Waals surface area contributed by atoms with E-state index in [9.17, 15) is 9.59 Å². The Balaban J connectivity index is 1.74. The summed E-state index contributed by atoms with van der Waals surface area (Å²) in [5, 5.41) is 0. The number of hydrogen-bond donors (Lipinski definition) is 0. The topological polar surface area (TPSA) is 80.3 Å². The van der Waals surface area contributed by atoms with Gasteiger partial charge in [-0.2, -0.15) is 0 Å². The zero-order valence-corrected chi connectivity index (χ0v) is 21.7. The second-order valence-corrected chi connectivity index (χ2v) is 11.3.